The molecule has 2 amide bonds. The van der Waals surface area contributed by atoms with Crippen molar-refractivity contribution >= 4 is 51.3 Å². The summed E-state index contributed by atoms with van der Waals surface area (Å²) < 4.78 is 91.3. The number of aryl methyl sites for hydroxylation is 1. The van der Waals surface area contributed by atoms with Crippen molar-refractivity contribution in [1.82, 2.24) is 5.32 Å². The van der Waals surface area contributed by atoms with Crippen molar-refractivity contribution in [2.24, 2.45) is 0 Å². The quantitative estimate of drug-likeness (QED) is 0.234. The molecule has 2 aromatic carbocycles. The molecule has 13 heteroatoms. The maximum atomic E-state index is 14.3. The van der Waals surface area contributed by atoms with Gasteiger partial charge >= 0.3 is 6.18 Å². The highest BCUT2D eigenvalue weighted by Crippen LogP contribution is 2.47. The second-order valence-corrected chi connectivity index (χ2v) is 10.4. The van der Waals surface area contributed by atoms with Gasteiger partial charge in [-0.1, -0.05) is 29.4 Å². The summed E-state index contributed by atoms with van der Waals surface area (Å²) in [5, 5.41) is 5.07. The fourth-order valence-corrected chi connectivity index (χ4v) is 4.80. The number of alkyl halides is 6. The average Bonchev–Trinajstić information content (AvgIpc) is 2.72. The van der Waals surface area contributed by atoms with Gasteiger partial charge in [-0.15, -0.1) is 0 Å². The summed E-state index contributed by atoms with van der Waals surface area (Å²) in [5.74, 6) is -1.21. The van der Waals surface area contributed by atoms with Crippen molar-refractivity contribution in [2.75, 3.05) is 17.3 Å². The minimum atomic E-state index is -5.86. The van der Waals surface area contributed by atoms with E-state index >= 15 is 0 Å². The van der Waals surface area contributed by atoms with E-state index in [0.29, 0.717) is 15.7 Å². The lowest BCUT2D eigenvalue weighted by Gasteiger charge is -2.28. The van der Waals surface area contributed by atoms with E-state index in [1.54, 1.807) is 13.0 Å². The molecule has 0 heterocycles. The Balaban J connectivity index is 2.36. The van der Waals surface area contributed by atoms with Crippen LogP contribution in [0.2, 0.25) is 0 Å². The molecule has 0 aliphatic carbocycles. The Hall–Kier alpha value is -2.00. The minimum Gasteiger partial charge on any atom is -0.616 e. The first-order valence-corrected chi connectivity index (χ1v) is 12.8. The Bertz CT molecular complexity index is 1100. The molecule has 0 radical (unpaired) electrons. The molecule has 0 aliphatic heterocycles. The average molecular weight is 634 g/mol. The van der Waals surface area contributed by atoms with Crippen LogP contribution in [-0.4, -0.2) is 47.0 Å². The fraction of sp³-hybridized carbons (Fsp3) is 0.364. The van der Waals surface area contributed by atoms with Crippen molar-refractivity contribution < 1.29 is 40.5 Å². The molecular formula is C22H21F6IN2O3S. The van der Waals surface area contributed by atoms with Gasteiger partial charge in [0.25, 0.3) is 23.9 Å². The summed E-state index contributed by atoms with van der Waals surface area (Å²) in [6, 6.07) is 5.98. The predicted octanol–water partition coefficient (Wildman–Crippen LogP) is 5.34. The molecule has 2 N–H and O–H groups in total. The van der Waals surface area contributed by atoms with Gasteiger partial charge in [0.05, 0.1) is 23.4 Å². The third-order valence-electron chi connectivity index (χ3n) is 4.96. The smallest absolute Gasteiger partial charge is 0.432 e. The number of amides is 2. The minimum absolute atomic E-state index is 0.0196. The molecule has 5 nitrogen and oxygen atoms in total. The molecule has 35 heavy (non-hydrogen) atoms. The van der Waals surface area contributed by atoms with Crippen LogP contribution in [0, 0.1) is 10.5 Å². The molecule has 2 rings (SSSR count). The fourth-order valence-electron chi connectivity index (χ4n) is 3.27. The maximum absolute atomic E-state index is 14.3. The van der Waals surface area contributed by atoms with Crippen LogP contribution >= 0.6 is 22.6 Å². The lowest BCUT2D eigenvalue weighted by Crippen LogP contribution is -2.44. The van der Waals surface area contributed by atoms with Crippen LogP contribution in [-0.2, 0) is 16.8 Å². The number of carbonyl (C=O) groups is 2. The van der Waals surface area contributed by atoms with Crippen molar-refractivity contribution in [3.05, 3.63) is 62.2 Å². The zero-order chi connectivity index (χ0) is 26.7. The van der Waals surface area contributed by atoms with Gasteiger partial charge in [0, 0.05) is 14.8 Å². The monoisotopic (exact) mass is 634 g/mol. The SMILES string of the molecule is Cc1cc(C(F)(C(F)F)C(F)(F)F)ccc1NC(=O)c1cccc(I)c1C(=O)N[C@@H](C)C[S+](C)[O-]. The molecule has 0 bridgehead atoms. The van der Waals surface area contributed by atoms with Gasteiger partial charge in [0.1, 0.15) is 5.75 Å². The molecule has 2 unspecified atom stereocenters. The van der Waals surface area contributed by atoms with E-state index in [-0.39, 0.29) is 28.1 Å². The molecule has 0 fully saturated rings. The lowest BCUT2D eigenvalue weighted by molar-refractivity contribution is -0.274. The Morgan fingerprint density at radius 2 is 1.74 bits per heavy atom. The molecule has 0 aromatic heterocycles. The molecule has 0 aliphatic rings. The highest BCUT2D eigenvalue weighted by atomic mass is 127. The van der Waals surface area contributed by atoms with E-state index in [1.165, 1.54) is 25.3 Å². The number of hydrogen-bond acceptors (Lipinski definition) is 3. The summed E-state index contributed by atoms with van der Waals surface area (Å²) in [7, 11) is 0. The molecule has 2 aromatic rings. The third kappa shape index (κ3) is 6.61. The molecule has 0 spiro atoms. The van der Waals surface area contributed by atoms with E-state index < -0.39 is 52.9 Å². The Labute approximate surface area is 214 Å². The number of rotatable bonds is 8. The van der Waals surface area contributed by atoms with Gasteiger partial charge in [-0.2, -0.15) is 13.2 Å². The molecule has 0 saturated carbocycles. The number of benzene rings is 2. The van der Waals surface area contributed by atoms with Gasteiger partial charge in [-0.3, -0.25) is 9.59 Å². The number of nitrogens with one attached hydrogen (secondary N) is 2. The number of halogens is 7. The summed E-state index contributed by atoms with van der Waals surface area (Å²) in [6.07, 6.45) is -8.74. The summed E-state index contributed by atoms with van der Waals surface area (Å²) in [6.45, 7) is 2.86. The largest absolute Gasteiger partial charge is 0.616 e. The lowest BCUT2D eigenvalue weighted by atomic mass is 9.93. The summed E-state index contributed by atoms with van der Waals surface area (Å²) >= 11 is 0.677. The maximum Gasteiger partial charge on any atom is 0.432 e. The normalized spacial score (nSPS) is 15.3. The second kappa shape index (κ2) is 11.4. The van der Waals surface area contributed by atoms with Gasteiger partial charge < -0.3 is 15.2 Å². The molecule has 0 saturated heterocycles. The van der Waals surface area contributed by atoms with Crippen molar-refractivity contribution in [1.29, 1.82) is 0 Å². The van der Waals surface area contributed by atoms with Crippen LogP contribution < -0.4 is 10.6 Å². The Kier molecular flexibility index (Phi) is 9.50. The molecular weight excluding hydrogens is 613 g/mol. The predicted molar refractivity (Wildman–Crippen MR) is 129 cm³/mol. The van der Waals surface area contributed by atoms with E-state index in [4.69, 9.17) is 0 Å². The first-order valence-electron chi connectivity index (χ1n) is 9.95. The number of carbonyl (C=O) groups excluding carboxylic acids is 2. The van der Waals surface area contributed by atoms with Crippen LogP contribution in [0.3, 0.4) is 0 Å². The first kappa shape index (κ1) is 29.2. The van der Waals surface area contributed by atoms with Crippen LogP contribution in [0.1, 0.15) is 38.8 Å². The van der Waals surface area contributed by atoms with Crippen molar-refractivity contribution in [2.45, 2.75) is 38.2 Å². The number of hydrogen-bond donors (Lipinski definition) is 2. The second-order valence-electron chi connectivity index (χ2n) is 7.77. The van der Waals surface area contributed by atoms with Gasteiger partial charge in [0.15, 0.2) is 0 Å². The van der Waals surface area contributed by atoms with Crippen LogP contribution in [0.4, 0.5) is 32.0 Å². The highest BCUT2D eigenvalue weighted by Gasteiger charge is 2.64. The van der Waals surface area contributed by atoms with E-state index in [2.05, 4.69) is 10.6 Å². The van der Waals surface area contributed by atoms with Crippen molar-refractivity contribution in [3.8, 4) is 0 Å². The Morgan fingerprint density at radius 1 is 1.11 bits per heavy atom. The highest BCUT2D eigenvalue weighted by molar-refractivity contribution is 14.1. The zero-order valence-corrected chi connectivity index (χ0v) is 21.6. The zero-order valence-electron chi connectivity index (χ0n) is 18.6. The van der Waals surface area contributed by atoms with Gasteiger partial charge in [0.2, 0.25) is 0 Å². The van der Waals surface area contributed by atoms with Gasteiger partial charge in [-0.05, 0) is 60.2 Å². The van der Waals surface area contributed by atoms with Gasteiger partial charge in [-0.25, -0.2) is 13.2 Å². The Morgan fingerprint density at radius 3 is 2.26 bits per heavy atom. The van der Waals surface area contributed by atoms with E-state index in [1.807, 2.05) is 22.6 Å². The standard InChI is InChI=1S/C22H21F6IN2O3S/c1-11-9-13(21(25,20(23)24)22(26,27)28)7-8-16(11)31-18(32)14-5-4-6-15(29)17(14)19(33)30-12(2)10-35(3)34/h4-9,12,20H,10H2,1-3H3,(H,30,33)(H,31,32)/t12-,21?,35?/m0/s1. The van der Waals surface area contributed by atoms with E-state index in [9.17, 15) is 40.5 Å². The summed E-state index contributed by atoms with van der Waals surface area (Å²) in [5.41, 5.74) is -6.38. The van der Waals surface area contributed by atoms with Crippen molar-refractivity contribution in [3.63, 3.8) is 0 Å². The van der Waals surface area contributed by atoms with Crippen LogP contribution in [0.5, 0.6) is 0 Å². The topological polar surface area (TPSA) is 81.3 Å². The molecule has 192 valence electrons. The molecule has 3 atom stereocenters. The van der Waals surface area contributed by atoms with Crippen LogP contribution in [0.15, 0.2) is 36.4 Å². The number of anilines is 1. The van der Waals surface area contributed by atoms with E-state index in [0.717, 1.165) is 6.07 Å². The first-order chi connectivity index (χ1) is 16.1. The van der Waals surface area contributed by atoms with Crippen LogP contribution in [0.25, 0.3) is 0 Å². The summed E-state index contributed by atoms with van der Waals surface area (Å²) in [4.78, 5) is 25.7. The third-order valence-corrected chi connectivity index (χ3v) is 6.82.